The number of ether oxygens (including phenoxy) is 1. The van der Waals surface area contributed by atoms with Gasteiger partial charge in [0.2, 0.25) is 0 Å². The second kappa shape index (κ2) is 10.1. The summed E-state index contributed by atoms with van der Waals surface area (Å²) in [4.78, 5) is 19.4. The van der Waals surface area contributed by atoms with E-state index in [1.165, 1.54) is 38.4 Å². The summed E-state index contributed by atoms with van der Waals surface area (Å²) in [7, 11) is 0. The first-order valence-corrected chi connectivity index (χ1v) is 12.4. The van der Waals surface area contributed by atoms with E-state index in [0.29, 0.717) is 44.0 Å². The lowest BCUT2D eigenvalue weighted by molar-refractivity contribution is 0.0746. The molecular weight excluding hydrogens is 417 g/mol. The number of hydrogen-bond donors (Lipinski definition) is 0. The number of piperazine rings is 1. The van der Waals surface area contributed by atoms with Crippen molar-refractivity contribution in [3.63, 3.8) is 0 Å². The van der Waals surface area contributed by atoms with Gasteiger partial charge in [0.05, 0.1) is 12.3 Å². The highest BCUT2D eigenvalue weighted by atomic mass is 19.1. The number of benzene rings is 2. The van der Waals surface area contributed by atoms with Gasteiger partial charge in [0.25, 0.3) is 5.91 Å². The van der Waals surface area contributed by atoms with Gasteiger partial charge in [-0.05, 0) is 67.5 Å². The molecule has 2 aliphatic heterocycles. The standard InChI is InChI=1S/C27H34FN3O2/c28-25-7-1-2-8-26(25)30-14-16-31(17-15-30)27(32)21-9-11-24(12-10-21)33-18-4-13-29-19-22-5-3-6-23(22)20-29/h1-2,7-12,22-23H,3-6,13-20H2. The van der Waals surface area contributed by atoms with Crippen molar-refractivity contribution < 1.29 is 13.9 Å². The quantitative estimate of drug-likeness (QED) is 0.589. The van der Waals surface area contributed by atoms with Crippen LogP contribution in [0.3, 0.4) is 0 Å². The maximum atomic E-state index is 14.0. The molecule has 176 valence electrons. The van der Waals surface area contributed by atoms with Crippen LogP contribution in [0.2, 0.25) is 0 Å². The lowest BCUT2D eigenvalue weighted by Gasteiger charge is -2.36. The number of likely N-dealkylation sites (tertiary alicyclic amines) is 1. The number of para-hydroxylation sites is 1. The topological polar surface area (TPSA) is 36.0 Å². The van der Waals surface area contributed by atoms with E-state index in [9.17, 15) is 9.18 Å². The number of fused-ring (bicyclic) bond motifs is 1. The Bertz CT molecular complexity index is 931. The summed E-state index contributed by atoms with van der Waals surface area (Å²) in [6.07, 6.45) is 5.30. The normalized spacial score (nSPS) is 23.1. The summed E-state index contributed by atoms with van der Waals surface area (Å²) in [5.74, 6) is 2.51. The maximum Gasteiger partial charge on any atom is 0.253 e. The van der Waals surface area contributed by atoms with Crippen molar-refractivity contribution in [2.24, 2.45) is 11.8 Å². The molecule has 2 heterocycles. The van der Waals surface area contributed by atoms with Crippen LogP contribution >= 0.6 is 0 Å². The number of rotatable bonds is 7. The Morgan fingerprint density at radius 3 is 2.33 bits per heavy atom. The monoisotopic (exact) mass is 451 g/mol. The fraction of sp³-hybridized carbons (Fsp3) is 0.519. The number of hydrogen-bond acceptors (Lipinski definition) is 4. The largest absolute Gasteiger partial charge is 0.494 e. The molecule has 1 saturated carbocycles. The Morgan fingerprint density at radius 1 is 0.939 bits per heavy atom. The molecule has 0 N–H and O–H groups in total. The van der Waals surface area contributed by atoms with Crippen LogP contribution < -0.4 is 9.64 Å². The molecular formula is C27H34FN3O2. The Labute approximate surface area is 196 Å². The van der Waals surface area contributed by atoms with Gasteiger partial charge in [-0.25, -0.2) is 4.39 Å². The van der Waals surface area contributed by atoms with E-state index in [1.54, 1.807) is 12.1 Å². The molecule has 2 unspecified atom stereocenters. The number of halogens is 1. The first kappa shape index (κ1) is 22.2. The predicted molar refractivity (Wildman–Crippen MR) is 128 cm³/mol. The number of carbonyl (C=O) groups excluding carboxylic acids is 1. The van der Waals surface area contributed by atoms with Crippen molar-refractivity contribution in [3.8, 4) is 5.75 Å². The van der Waals surface area contributed by atoms with Gasteiger partial charge in [0, 0.05) is 51.4 Å². The van der Waals surface area contributed by atoms with Gasteiger partial charge >= 0.3 is 0 Å². The van der Waals surface area contributed by atoms with Gasteiger partial charge < -0.3 is 19.4 Å². The van der Waals surface area contributed by atoms with Crippen molar-refractivity contribution in [1.82, 2.24) is 9.80 Å². The fourth-order valence-electron chi connectivity index (χ4n) is 5.73. The Morgan fingerprint density at radius 2 is 1.64 bits per heavy atom. The molecule has 0 radical (unpaired) electrons. The minimum Gasteiger partial charge on any atom is -0.494 e. The molecule has 3 aliphatic rings. The second-order valence-electron chi connectivity index (χ2n) is 9.67. The van der Waals surface area contributed by atoms with E-state index < -0.39 is 0 Å². The first-order chi connectivity index (χ1) is 16.2. The molecule has 1 aliphatic carbocycles. The fourth-order valence-corrected chi connectivity index (χ4v) is 5.73. The predicted octanol–water partition coefficient (Wildman–Crippen LogP) is 4.29. The number of nitrogens with zero attached hydrogens (tertiary/aromatic N) is 3. The van der Waals surface area contributed by atoms with E-state index in [-0.39, 0.29) is 11.7 Å². The van der Waals surface area contributed by atoms with Crippen molar-refractivity contribution in [1.29, 1.82) is 0 Å². The number of carbonyl (C=O) groups is 1. The molecule has 33 heavy (non-hydrogen) atoms. The molecule has 2 aromatic rings. The molecule has 6 heteroatoms. The molecule has 1 amide bonds. The minimum absolute atomic E-state index is 0.0225. The molecule has 2 saturated heterocycles. The Hall–Kier alpha value is -2.60. The molecule has 5 nitrogen and oxygen atoms in total. The first-order valence-electron chi connectivity index (χ1n) is 12.4. The van der Waals surface area contributed by atoms with Crippen LogP contribution in [-0.4, -0.2) is 68.1 Å². The zero-order chi connectivity index (χ0) is 22.6. The van der Waals surface area contributed by atoms with Crippen LogP contribution in [0.25, 0.3) is 0 Å². The van der Waals surface area contributed by atoms with Gasteiger partial charge in [-0.1, -0.05) is 18.6 Å². The highest BCUT2D eigenvalue weighted by Gasteiger charge is 2.35. The van der Waals surface area contributed by atoms with Gasteiger partial charge in [0.15, 0.2) is 0 Å². The van der Waals surface area contributed by atoms with Gasteiger partial charge in [0.1, 0.15) is 11.6 Å². The lowest BCUT2D eigenvalue weighted by atomic mass is 10.0. The molecule has 3 fully saturated rings. The minimum atomic E-state index is -0.212. The third kappa shape index (κ3) is 5.16. The van der Waals surface area contributed by atoms with Crippen LogP contribution in [0.15, 0.2) is 48.5 Å². The summed E-state index contributed by atoms with van der Waals surface area (Å²) in [5.41, 5.74) is 1.28. The third-order valence-corrected chi connectivity index (χ3v) is 7.55. The van der Waals surface area contributed by atoms with Crippen molar-refractivity contribution in [3.05, 3.63) is 59.9 Å². The second-order valence-corrected chi connectivity index (χ2v) is 9.67. The number of anilines is 1. The average molecular weight is 452 g/mol. The van der Waals surface area contributed by atoms with Crippen molar-refractivity contribution in [2.45, 2.75) is 25.7 Å². The molecule has 0 bridgehead atoms. The van der Waals surface area contributed by atoms with Gasteiger partial charge in [-0.15, -0.1) is 0 Å². The molecule has 0 spiro atoms. The van der Waals surface area contributed by atoms with E-state index in [4.69, 9.17) is 4.74 Å². The summed E-state index contributed by atoms with van der Waals surface area (Å²) >= 11 is 0. The Kier molecular flexibility index (Phi) is 6.81. The summed E-state index contributed by atoms with van der Waals surface area (Å²) < 4.78 is 20.0. The molecule has 0 aromatic heterocycles. The van der Waals surface area contributed by atoms with Crippen molar-refractivity contribution in [2.75, 3.05) is 57.3 Å². The highest BCUT2D eigenvalue weighted by molar-refractivity contribution is 5.94. The zero-order valence-electron chi connectivity index (χ0n) is 19.3. The van der Waals surface area contributed by atoms with Crippen LogP contribution in [0, 0.1) is 17.7 Å². The van der Waals surface area contributed by atoms with E-state index in [0.717, 1.165) is 30.6 Å². The summed E-state index contributed by atoms with van der Waals surface area (Å²) in [6.45, 7) is 6.80. The highest BCUT2D eigenvalue weighted by Crippen LogP contribution is 2.37. The van der Waals surface area contributed by atoms with Crippen molar-refractivity contribution >= 4 is 11.6 Å². The van der Waals surface area contributed by atoms with E-state index >= 15 is 0 Å². The van der Waals surface area contributed by atoms with Gasteiger partial charge in [-0.2, -0.15) is 0 Å². The lowest BCUT2D eigenvalue weighted by Crippen LogP contribution is -2.49. The summed E-state index contributed by atoms with van der Waals surface area (Å²) in [6, 6.07) is 14.3. The Balaban J connectivity index is 1.05. The maximum absolute atomic E-state index is 14.0. The zero-order valence-corrected chi connectivity index (χ0v) is 19.3. The third-order valence-electron chi connectivity index (χ3n) is 7.55. The molecule has 2 aromatic carbocycles. The smallest absolute Gasteiger partial charge is 0.253 e. The van der Waals surface area contributed by atoms with Crippen LogP contribution in [0.5, 0.6) is 5.75 Å². The van der Waals surface area contributed by atoms with E-state index in [1.807, 2.05) is 40.1 Å². The van der Waals surface area contributed by atoms with Crippen LogP contribution in [0.1, 0.15) is 36.0 Å². The van der Waals surface area contributed by atoms with E-state index in [2.05, 4.69) is 4.90 Å². The average Bonchev–Trinajstić information content (AvgIpc) is 3.44. The molecule has 2 atom stereocenters. The van der Waals surface area contributed by atoms with Crippen LogP contribution in [0.4, 0.5) is 10.1 Å². The van der Waals surface area contributed by atoms with Gasteiger partial charge in [-0.3, -0.25) is 4.79 Å². The summed E-state index contributed by atoms with van der Waals surface area (Å²) in [5, 5.41) is 0. The SMILES string of the molecule is O=C(c1ccc(OCCCN2CC3CCCC3C2)cc1)N1CCN(c2ccccc2F)CC1. The number of amides is 1. The van der Waals surface area contributed by atoms with Crippen LogP contribution in [-0.2, 0) is 0 Å². The molecule has 5 rings (SSSR count).